The van der Waals surface area contributed by atoms with Crippen molar-refractivity contribution in [3.63, 3.8) is 0 Å². The number of carboxylic acids is 1. The normalized spacial score (nSPS) is 17.2. The third kappa shape index (κ3) is 5.31. The summed E-state index contributed by atoms with van der Waals surface area (Å²) in [5, 5.41) is 8.74. The summed E-state index contributed by atoms with van der Waals surface area (Å²) in [6.07, 6.45) is 3.44. The summed E-state index contributed by atoms with van der Waals surface area (Å²) in [7, 11) is 1.79. The van der Waals surface area contributed by atoms with Gasteiger partial charge in [0.05, 0.1) is 21.4 Å². The number of amides is 1. The summed E-state index contributed by atoms with van der Waals surface area (Å²) >= 11 is 0. The molecule has 1 aliphatic heterocycles. The van der Waals surface area contributed by atoms with Gasteiger partial charge in [-0.15, -0.1) is 0 Å². The first-order valence-corrected chi connectivity index (χ1v) is 14.9. The highest BCUT2D eigenvalue weighted by Crippen LogP contribution is 2.40. The van der Waals surface area contributed by atoms with Crippen molar-refractivity contribution >= 4 is 31.1 Å². The number of carboxylic acid groups (broad SMARTS) is 1. The van der Waals surface area contributed by atoms with Crippen molar-refractivity contribution in [3.05, 3.63) is 78.1 Å². The van der Waals surface area contributed by atoms with Crippen LogP contribution in [-0.2, 0) is 15.1 Å². The fourth-order valence-corrected chi connectivity index (χ4v) is 5.17. The van der Waals surface area contributed by atoms with Gasteiger partial charge in [0.25, 0.3) is 11.9 Å². The molecule has 188 valence electrons. The molecular weight excluding hydrogens is 472 g/mol. The topological polar surface area (TPSA) is 118 Å². The van der Waals surface area contributed by atoms with Crippen LogP contribution in [0.25, 0.3) is 11.1 Å². The van der Waals surface area contributed by atoms with Gasteiger partial charge in [0.1, 0.15) is 5.75 Å². The van der Waals surface area contributed by atoms with Crippen LogP contribution in [0.15, 0.2) is 72.0 Å². The van der Waals surface area contributed by atoms with Crippen LogP contribution in [0.2, 0.25) is 19.6 Å². The number of rotatable bonds is 5. The lowest BCUT2D eigenvalue weighted by molar-refractivity contribution is -0.134. The molecule has 1 unspecified atom stereocenters. The first-order valence-electron chi connectivity index (χ1n) is 11.4. The zero-order chi connectivity index (χ0) is 26.7. The summed E-state index contributed by atoms with van der Waals surface area (Å²) in [5.41, 5.74) is 8.30. The second-order valence-corrected chi connectivity index (χ2v) is 14.7. The number of pyridine rings is 1. The van der Waals surface area contributed by atoms with Gasteiger partial charge < -0.3 is 15.6 Å². The van der Waals surface area contributed by atoms with E-state index in [0.29, 0.717) is 5.75 Å². The van der Waals surface area contributed by atoms with Gasteiger partial charge in [-0.05, 0) is 28.8 Å². The maximum Gasteiger partial charge on any atom is 0.300 e. The Morgan fingerprint density at radius 1 is 1.03 bits per heavy atom. The number of benzene rings is 2. The standard InChI is InChI=1S/C25H28N4O2Si.C2H4O2/c1-29-23(30)25(28-24(29)26,19-9-11-22(12-10-19)32(3,4)5)20-8-6-7-17(13-20)18-14-21(31-2)16-27-15-18;1-2(3)4/h6-16H,1-5H3,(H2,26,28);1H3,(H,3,4). The van der Waals surface area contributed by atoms with Crippen LogP contribution in [0.3, 0.4) is 0 Å². The highest BCUT2D eigenvalue weighted by atomic mass is 28.3. The molecule has 3 N–H and O–H groups in total. The third-order valence-electron chi connectivity index (χ3n) is 5.97. The Bertz CT molecular complexity index is 1300. The number of aromatic nitrogens is 1. The van der Waals surface area contributed by atoms with E-state index in [9.17, 15) is 4.79 Å². The highest BCUT2D eigenvalue weighted by molar-refractivity contribution is 6.88. The van der Waals surface area contributed by atoms with Crippen molar-refractivity contribution in [1.29, 1.82) is 0 Å². The second kappa shape index (κ2) is 10.3. The highest BCUT2D eigenvalue weighted by Gasteiger charge is 2.49. The van der Waals surface area contributed by atoms with Gasteiger partial charge in [0.15, 0.2) is 11.5 Å². The quantitative estimate of drug-likeness (QED) is 0.514. The molecule has 0 bridgehead atoms. The number of ether oxygens (including phenoxy) is 1. The molecule has 3 aromatic rings. The Labute approximate surface area is 212 Å². The third-order valence-corrected chi connectivity index (χ3v) is 8.04. The zero-order valence-corrected chi connectivity index (χ0v) is 22.4. The molecule has 1 atom stereocenters. The van der Waals surface area contributed by atoms with Gasteiger partial charge in [-0.25, -0.2) is 4.99 Å². The van der Waals surface area contributed by atoms with E-state index < -0.39 is 19.6 Å². The Balaban J connectivity index is 0.000000840. The number of methoxy groups -OCH3 is 1. The lowest BCUT2D eigenvalue weighted by Gasteiger charge is -2.27. The summed E-state index contributed by atoms with van der Waals surface area (Å²) < 4.78 is 5.32. The van der Waals surface area contributed by atoms with E-state index in [0.717, 1.165) is 29.2 Å². The molecule has 0 saturated heterocycles. The van der Waals surface area contributed by atoms with E-state index in [-0.39, 0.29) is 11.9 Å². The number of likely N-dealkylation sites (N-methyl/N-ethyl adjacent to an activating group) is 1. The Hall–Kier alpha value is -3.98. The molecule has 0 saturated carbocycles. The Kier molecular flexibility index (Phi) is 7.64. The predicted octanol–water partition coefficient (Wildman–Crippen LogP) is 3.42. The predicted molar refractivity (Wildman–Crippen MR) is 144 cm³/mol. The molecule has 2 heterocycles. The fourth-order valence-electron chi connectivity index (χ4n) is 4.01. The maximum atomic E-state index is 13.6. The average Bonchev–Trinajstić information content (AvgIpc) is 3.08. The van der Waals surface area contributed by atoms with Crippen molar-refractivity contribution in [2.24, 2.45) is 10.7 Å². The van der Waals surface area contributed by atoms with Crippen LogP contribution < -0.4 is 15.7 Å². The van der Waals surface area contributed by atoms with E-state index in [1.807, 2.05) is 42.5 Å². The molecule has 0 spiro atoms. The number of hydrogen-bond donors (Lipinski definition) is 2. The fraction of sp³-hybridized carbons (Fsp3) is 0.259. The largest absolute Gasteiger partial charge is 0.495 e. The molecular formula is C27H32N4O4Si. The number of aliphatic carboxylic acids is 1. The average molecular weight is 505 g/mol. The van der Waals surface area contributed by atoms with Crippen LogP contribution in [0.1, 0.15) is 18.1 Å². The molecule has 9 heteroatoms. The lowest BCUT2D eigenvalue weighted by Crippen LogP contribution is -2.42. The minimum absolute atomic E-state index is 0.170. The van der Waals surface area contributed by atoms with Gasteiger partial charge in [-0.2, -0.15) is 0 Å². The second-order valence-electron chi connectivity index (χ2n) is 9.59. The van der Waals surface area contributed by atoms with E-state index >= 15 is 0 Å². The van der Waals surface area contributed by atoms with Crippen molar-refractivity contribution in [1.82, 2.24) is 9.88 Å². The minimum Gasteiger partial charge on any atom is -0.495 e. The first kappa shape index (κ1) is 26.6. The van der Waals surface area contributed by atoms with Gasteiger partial charge in [0.2, 0.25) is 0 Å². The van der Waals surface area contributed by atoms with Crippen molar-refractivity contribution in [2.45, 2.75) is 32.1 Å². The molecule has 1 aromatic heterocycles. The van der Waals surface area contributed by atoms with Crippen LogP contribution >= 0.6 is 0 Å². The molecule has 36 heavy (non-hydrogen) atoms. The van der Waals surface area contributed by atoms with Crippen molar-refractivity contribution in [2.75, 3.05) is 14.2 Å². The molecule has 4 rings (SSSR count). The molecule has 2 aromatic carbocycles. The minimum atomic E-state index is -1.48. The molecule has 0 fully saturated rings. The van der Waals surface area contributed by atoms with E-state index in [2.05, 4.69) is 36.8 Å². The van der Waals surface area contributed by atoms with E-state index in [1.54, 1.807) is 26.6 Å². The van der Waals surface area contributed by atoms with E-state index in [1.165, 1.54) is 10.1 Å². The SMILES string of the molecule is CC(=O)O.COc1cncc(-c2cccc(C3(c4ccc([Si](C)(C)C)cc4)N=C(N)N(C)C3=O)c2)c1. The number of hydrogen-bond acceptors (Lipinski definition) is 6. The van der Waals surface area contributed by atoms with Crippen LogP contribution in [-0.4, -0.2) is 55.1 Å². The van der Waals surface area contributed by atoms with Gasteiger partial charge in [-0.3, -0.25) is 19.5 Å². The number of nitrogens with two attached hydrogens (primary N) is 1. The lowest BCUT2D eigenvalue weighted by atomic mass is 9.82. The molecule has 0 radical (unpaired) electrons. The summed E-state index contributed by atoms with van der Waals surface area (Å²) in [6, 6.07) is 18.0. The monoisotopic (exact) mass is 504 g/mol. The summed E-state index contributed by atoms with van der Waals surface area (Å²) in [5.74, 6) is -0.127. The molecule has 1 amide bonds. The number of carbonyl (C=O) groups is 2. The van der Waals surface area contributed by atoms with Crippen LogP contribution in [0.4, 0.5) is 0 Å². The van der Waals surface area contributed by atoms with Crippen LogP contribution in [0.5, 0.6) is 5.75 Å². The van der Waals surface area contributed by atoms with Crippen molar-refractivity contribution < 1.29 is 19.4 Å². The smallest absolute Gasteiger partial charge is 0.300 e. The Morgan fingerprint density at radius 2 is 1.67 bits per heavy atom. The zero-order valence-electron chi connectivity index (χ0n) is 21.4. The first-order chi connectivity index (χ1) is 16.9. The maximum absolute atomic E-state index is 13.6. The van der Waals surface area contributed by atoms with Gasteiger partial charge in [0, 0.05) is 25.7 Å². The molecule has 0 aliphatic carbocycles. The van der Waals surface area contributed by atoms with Gasteiger partial charge >= 0.3 is 0 Å². The summed E-state index contributed by atoms with van der Waals surface area (Å²) in [4.78, 5) is 33.0. The number of carbonyl (C=O) groups excluding carboxylic acids is 1. The molecule has 8 nitrogen and oxygen atoms in total. The number of guanidine groups is 1. The van der Waals surface area contributed by atoms with Gasteiger partial charge in [-0.1, -0.05) is 67.3 Å². The number of nitrogens with zero attached hydrogens (tertiary/aromatic N) is 3. The van der Waals surface area contributed by atoms with E-state index in [4.69, 9.17) is 25.4 Å². The van der Waals surface area contributed by atoms with Crippen molar-refractivity contribution in [3.8, 4) is 16.9 Å². The number of aliphatic imine (C=N–C) groups is 1. The summed E-state index contributed by atoms with van der Waals surface area (Å²) in [6.45, 7) is 7.98. The molecule has 1 aliphatic rings. The Morgan fingerprint density at radius 3 is 2.19 bits per heavy atom. The van der Waals surface area contributed by atoms with Crippen LogP contribution in [0, 0.1) is 0 Å².